The molecule has 172 valence electrons. The second-order valence-electron chi connectivity index (χ2n) is 8.07. The first kappa shape index (κ1) is 22.4. The number of carbonyl (C=O) groups excluding carboxylic acids is 2. The molecule has 9 heteroatoms. The van der Waals surface area contributed by atoms with Crippen LogP contribution in [0.4, 0.5) is 10.1 Å². The number of halogens is 2. The zero-order valence-corrected chi connectivity index (χ0v) is 19.6. The van der Waals surface area contributed by atoms with Crippen molar-refractivity contribution in [2.24, 2.45) is 0 Å². The maximum Gasteiger partial charge on any atom is 0.275 e. The van der Waals surface area contributed by atoms with Crippen LogP contribution in [0.5, 0.6) is 0 Å². The van der Waals surface area contributed by atoms with E-state index in [1.54, 1.807) is 16.5 Å². The Bertz CT molecular complexity index is 1360. The molecule has 1 fully saturated rings. The summed E-state index contributed by atoms with van der Waals surface area (Å²) in [6, 6.07) is 13.7. The van der Waals surface area contributed by atoms with Crippen molar-refractivity contribution in [1.29, 1.82) is 0 Å². The van der Waals surface area contributed by atoms with Gasteiger partial charge in [0.05, 0.1) is 26.8 Å². The van der Waals surface area contributed by atoms with Crippen LogP contribution in [0.15, 0.2) is 60.1 Å². The second-order valence-corrected chi connectivity index (χ2v) is 9.37. The summed E-state index contributed by atoms with van der Waals surface area (Å²) in [6.45, 7) is 0.938. The summed E-state index contributed by atoms with van der Waals surface area (Å²) < 4.78 is 14.1. The minimum Gasteiger partial charge on any atom is -0.338 e. The van der Waals surface area contributed by atoms with E-state index in [2.05, 4.69) is 15.3 Å². The van der Waals surface area contributed by atoms with Gasteiger partial charge in [-0.2, -0.15) is 0 Å². The van der Waals surface area contributed by atoms with Crippen LogP contribution in [0.1, 0.15) is 44.6 Å². The van der Waals surface area contributed by atoms with Crippen molar-refractivity contribution in [3.63, 3.8) is 0 Å². The SMILES string of the molecule is O=C(Nc1cccc2cccnc12)c1csc(C2CCN(C(=O)c3c(F)cccc3Cl)CC2)n1. The number of thiazole rings is 1. The first-order chi connectivity index (χ1) is 16.5. The van der Waals surface area contributed by atoms with Crippen LogP contribution in [-0.4, -0.2) is 39.8 Å². The number of carbonyl (C=O) groups is 2. The van der Waals surface area contributed by atoms with E-state index < -0.39 is 11.7 Å². The number of nitrogens with zero attached hydrogens (tertiary/aromatic N) is 3. The molecule has 0 bridgehead atoms. The number of nitrogens with one attached hydrogen (secondary N) is 1. The van der Waals surface area contributed by atoms with Crippen molar-refractivity contribution in [1.82, 2.24) is 14.9 Å². The van der Waals surface area contributed by atoms with Crippen LogP contribution in [0.3, 0.4) is 0 Å². The van der Waals surface area contributed by atoms with E-state index in [0.29, 0.717) is 37.3 Å². The smallest absolute Gasteiger partial charge is 0.275 e. The molecule has 0 unspecified atom stereocenters. The highest BCUT2D eigenvalue weighted by Gasteiger charge is 2.29. The van der Waals surface area contributed by atoms with E-state index in [1.165, 1.54) is 29.5 Å². The molecule has 1 aliphatic heterocycles. The quantitative estimate of drug-likeness (QED) is 0.391. The lowest BCUT2D eigenvalue weighted by atomic mass is 9.97. The molecule has 4 aromatic rings. The third-order valence-corrected chi connectivity index (χ3v) is 7.27. The van der Waals surface area contributed by atoms with Crippen LogP contribution in [-0.2, 0) is 0 Å². The van der Waals surface area contributed by atoms with Gasteiger partial charge in [-0.3, -0.25) is 14.6 Å². The predicted octanol–water partition coefficient (Wildman–Crippen LogP) is 5.76. The number of amides is 2. The van der Waals surface area contributed by atoms with E-state index in [9.17, 15) is 14.0 Å². The molecule has 3 heterocycles. The molecule has 2 amide bonds. The van der Waals surface area contributed by atoms with E-state index in [1.807, 2.05) is 30.3 Å². The number of hydrogen-bond acceptors (Lipinski definition) is 5. The monoisotopic (exact) mass is 494 g/mol. The van der Waals surface area contributed by atoms with Gasteiger partial charge < -0.3 is 10.2 Å². The lowest BCUT2D eigenvalue weighted by molar-refractivity contribution is 0.0708. The Morgan fingerprint density at radius 1 is 1.09 bits per heavy atom. The summed E-state index contributed by atoms with van der Waals surface area (Å²) in [5.74, 6) is -1.17. The zero-order valence-electron chi connectivity index (χ0n) is 18.0. The van der Waals surface area contributed by atoms with Gasteiger partial charge in [-0.25, -0.2) is 9.37 Å². The average Bonchev–Trinajstić information content (AvgIpc) is 3.35. The molecule has 1 aliphatic rings. The van der Waals surface area contributed by atoms with Crippen LogP contribution >= 0.6 is 22.9 Å². The van der Waals surface area contributed by atoms with Crippen LogP contribution < -0.4 is 5.32 Å². The summed E-state index contributed by atoms with van der Waals surface area (Å²) in [5, 5.41) is 6.58. The Balaban J connectivity index is 1.24. The summed E-state index contributed by atoms with van der Waals surface area (Å²) in [7, 11) is 0. The number of piperidine rings is 1. The number of fused-ring (bicyclic) bond motifs is 1. The molecule has 0 saturated carbocycles. The van der Waals surface area contributed by atoms with Crippen LogP contribution in [0, 0.1) is 5.82 Å². The molecule has 6 nitrogen and oxygen atoms in total. The maximum atomic E-state index is 14.1. The van der Waals surface area contributed by atoms with Crippen molar-refractivity contribution in [2.45, 2.75) is 18.8 Å². The molecule has 1 saturated heterocycles. The van der Waals surface area contributed by atoms with Gasteiger partial charge in [0.15, 0.2) is 0 Å². The first-order valence-electron chi connectivity index (χ1n) is 10.8. The van der Waals surface area contributed by atoms with Crippen molar-refractivity contribution in [2.75, 3.05) is 18.4 Å². The first-order valence-corrected chi connectivity index (χ1v) is 12.1. The average molecular weight is 495 g/mol. The Morgan fingerprint density at radius 2 is 1.85 bits per heavy atom. The fraction of sp³-hybridized carbons (Fsp3) is 0.200. The molecule has 2 aromatic carbocycles. The topological polar surface area (TPSA) is 75.2 Å². The summed E-state index contributed by atoms with van der Waals surface area (Å²) in [6.07, 6.45) is 3.05. The summed E-state index contributed by atoms with van der Waals surface area (Å²) >= 11 is 7.49. The molecule has 0 atom stereocenters. The fourth-order valence-electron chi connectivity index (χ4n) is 4.16. The number of rotatable bonds is 4. The Kier molecular flexibility index (Phi) is 6.26. The third-order valence-electron chi connectivity index (χ3n) is 5.94. The molecule has 34 heavy (non-hydrogen) atoms. The number of aromatic nitrogens is 2. The van der Waals surface area contributed by atoms with E-state index in [0.717, 1.165) is 15.9 Å². The Morgan fingerprint density at radius 3 is 2.65 bits per heavy atom. The van der Waals surface area contributed by atoms with E-state index in [4.69, 9.17) is 11.6 Å². The van der Waals surface area contributed by atoms with Gasteiger partial charge in [-0.05, 0) is 37.1 Å². The third kappa shape index (κ3) is 4.38. The minimum atomic E-state index is -0.614. The molecule has 0 aliphatic carbocycles. The number of para-hydroxylation sites is 1. The molecule has 1 N–H and O–H groups in total. The fourth-order valence-corrected chi connectivity index (χ4v) is 5.38. The van der Waals surface area contributed by atoms with Crippen molar-refractivity contribution in [3.05, 3.63) is 87.2 Å². The summed E-state index contributed by atoms with van der Waals surface area (Å²) in [4.78, 5) is 36.1. The van der Waals surface area contributed by atoms with Crippen LogP contribution in [0.2, 0.25) is 5.02 Å². The van der Waals surface area contributed by atoms with Gasteiger partial charge in [0, 0.05) is 36.0 Å². The standard InChI is InChI=1S/C25H20ClFN4O2S/c26-17-6-2-7-18(27)21(17)25(33)31-12-9-16(10-13-31)24-30-20(14-34-24)23(32)29-19-8-1-4-15-5-3-11-28-22(15)19/h1-8,11,14,16H,9-10,12-13H2,(H,29,32). The Labute approximate surface area is 204 Å². The van der Waals surface area contributed by atoms with Crippen molar-refractivity contribution in [3.8, 4) is 0 Å². The Hall–Kier alpha value is -3.36. The molecule has 0 radical (unpaired) electrons. The molecule has 2 aromatic heterocycles. The lowest BCUT2D eigenvalue weighted by Crippen LogP contribution is -2.38. The summed E-state index contributed by atoms with van der Waals surface area (Å²) in [5.41, 5.74) is 1.63. The number of benzene rings is 2. The van der Waals surface area contributed by atoms with Gasteiger partial charge in [-0.15, -0.1) is 11.3 Å². The lowest BCUT2D eigenvalue weighted by Gasteiger charge is -2.31. The zero-order chi connectivity index (χ0) is 23.7. The number of pyridine rings is 1. The van der Waals surface area contributed by atoms with Gasteiger partial charge in [0.1, 0.15) is 11.5 Å². The minimum absolute atomic E-state index is 0.0845. The van der Waals surface area contributed by atoms with Gasteiger partial charge in [0.2, 0.25) is 0 Å². The highest BCUT2D eigenvalue weighted by atomic mass is 35.5. The molecule has 5 rings (SSSR count). The normalized spacial score (nSPS) is 14.4. The molecule has 0 spiro atoms. The number of hydrogen-bond donors (Lipinski definition) is 1. The van der Waals surface area contributed by atoms with E-state index >= 15 is 0 Å². The maximum absolute atomic E-state index is 14.1. The second kappa shape index (κ2) is 9.48. The highest BCUT2D eigenvalue weighted by molar-refractivity contribution is 7.10. The van der Waals surface area contributed by atoms with Gasteiger partial charge in [-0.1, -0.05) is 35.9 Å². The highest BCUT2D eigenvalue weighted by Crippen LogP contribution is 2.32. The van der Waals surface area contributed by atoms with Gasteiger partial charge >= 0.3 is 0 Å². The largest absolute Gasteiger partial charge is 0.338 e. The molecular formula is C25H20ClFN4O2S. The van der Waals surface area contributed by atoms with E-state index in [-0.39, 0.29) is 22.4 Å². The van der Waals surface area contributed by atoms with Crippen LogP contribution in [0.25, 0.3) is 10.9 Å². The van der Waals surface area contributed by atoms with Gasteiger partial charge in [0.25, 0.3) is 11.8 Å². The predicted molar refractivity (Wildman–Crippen MR) is 131 cm³/mol. The van der Waals surface area contributed by atoms with Crippen molar-refractivity contribution < 1.29 is 14.0 Å². The number of likely N-dealkylation sites (tertiary alicyclic amines) is 1. The molecular weight excluding hydrogens is 475 g/mol. The van der Waals surface area contributed by atoms with Crippen molar-refractivity contribution >= 4 is 51.3 Å². The number of anilines is 1.